The highest BCUT2D eigenvalue weighted by Gasteiger charge is 2.43. The molecule has 0 aliphatic heterocycles. The van der Waals surface area contributed by atoms with Gasteiger partial charge in [0.15, 0.2) is 0 Å². The summed E-state index contributed by atoms with van der Waals surface area (Å²) in [5.74, 6) is 0. The van der Waals surface area contributed by atoms with Gasteiger partial charge < -0.3 is 40.5 Å². The van der Waals surface area contributed by atoms with Crippen LogP contribution in [-0.4, -0.2) is 81.2 Å². The van der Waals surface area contributed by atoms with E-state index in [2.05, 4.69) is 13.8 Å². The van der Waals surface area contributed by atoms with E-state index in [4.69, 9.17) is 20.4 Å². The summed E-state index contributed by atoms with van der Waals surface area (Å²) in [5.41, 5.74) is 5.43. The lowest BCUT2D eigenvalue weighted by Gasteiger charge is -2.33. The number of aliphatic hydroxyl groups is 4. The number of fused-ring (bicyclic) bond motifs is 3. The molecule has 8 nitrogen and oxygen atoms in total. The van der Waals surface area contributed by atoms with Crippen LogP contribution < -0.4 is 10.9 Å². The molecule has 0 unspecified atom stereocenters. The molecule has 0 radical (unpaired) electrons. The minimum absolute atomic E-state index is 0.0938. The standard InChI is InChI=1S/C29H44B2O4.2C3H8O2/c1-3-5-7-9-11-13-19-29(20-14-12-10-8-6-4-2)27-21-23(30(32)33)15-17-25(27)26-18-16-24(31(34)35)22-28(26)29;2*4-2-1-3-5/h15-18,21-22,32-35H,3-14,19-20H2,1-2H3;2*4-5H,1-3H2. The van der Waals surface area contributed by atoms with Crippen molar-refractivity contribution in [2.45, 2.75) is 122 Å². The minimum atomic E-state index is -1.50. The summed E-state index contributed by atoms with van der Waals surface area (Å²) in [6.45, 7) is 4.85. The Morgan fingerprint density at radius 1 is 0.467 bits per heavy atom. The van der Waals surface area contributed by atoms with Crippen LogP contribution in [0.25, 0.3) is 11.1 Å². The van der Waals surface area contributed by atoms with Gasteiger partial charge in [0.1, 0.15) is 0 Å². The second-order valence-corrected chi connectivity index (χ2v) is 12.1. The van der Waals surface area contributed by atoms with E-state index in [1.165, 1.54) is 75.3 Å². The van der Waals surface area contributed by atoms with Crippen molar-refractivity contribution in [3.8, 4) is 11.1 Å². The lowest BCUT2D eigenvalue weighted by Crippen LogP contribution is -2.34. The van der Waals surface area contributed by atoms with Crippen molar-refractivity contribution < 1.29 is 40.5 Å². The number of unbranched alkanes of at least 4 members (excludes halogenated alkanes) is 10. The molecule has 0 saturated heterocycles. The second kappa shape index (κ2) is 24.4. The molecule has 0 aromatic heterocycles. The van der Waals surface area contributed by atoms with E-state index >= 15 is 0 Å². The molecule has 0 fully saturated rings. The van der Waals surface area contributed by atoms with Crippen molar-refractivity contribution in [1.29, 1.82) is 0 Å². The van der Waals surface area contributed by atoms with E-state index in [1.807, 2.05) is 24.3 Å². The quantitative estimate of drug-likeness (QED) is 0.0815. The molecule has 1 aliphatic rings. The van der Waals surface area contributed by atoms with Crippen molar-refractivity contribution in [2.75, 3.05) is 26.4 Å². The second-order valence-electron chi connectivity index (χ2n) is 12.1. The van der Waals surface area contributed by atoms with Crippen LogP contribution in [0.15, 0.2) is 36.4 Å². The van der Waals surface area contributed by atoms with Crippen LogP contribution in [0.4, 0.5) is 0 Å². The lowest BCUT2D eigenvalue weighted by molar-refractivity contribution is 0.220. The lowest BCUT2D eigenvalue weighted by atomic mass is 9.67. The fourth-order valence-electron chi connectivity index (χ4n) is 6.07. The maximum Gasteiger partial charge on any atom is 0.488 e. The summed E-state index contributed by atoms with van der Waals surface area (Å²) < 4.78 is 0. The molecule has 2 aromatic rings. The van der Waals surface area contributed by atoms with Crippen molar-refractivity contribution in [1.82, 2.24) is 0 Å². The van der Waals surface area contributed by atoms with Crippen LogP contribution in [0.5, 0.6) is 0 Å². The van der Waals surface area contributed by atoms with Gasteiger partial charge in [-0.15, -0.1) is 0 Å². The summed E-state index contributed by atoms with van der Waals surface area (Å²) >= 11 is 0. The topological polar surface area (TPSA) is 162 Å². The van der Waals surface area contributed by atoms with Gasteiger partial charge in [0.25, 0.3) is 0 Å². The molecule has 0 amide bonds. The predicted octanol–water partition coefficient (Wildman–Crippen LogP) is 3.54. The summed E-state index contributed by atoms with van der Waals surface area (Å²) in [7, 11) is -3.00. The molecule has 8 N–H and O–H groups in total. The summed E-state index contributed by atoms with van der Waals surface area (Å²) in [4.78, 5) is 0. The number of rotatable bonds is 20. The zero-order valence-corrected chi connectivity index (χ0v) is 27.8. The number of aliphatic hydroxyl groups excluding tert-OH is 4. The van der Waals surface area contributed by atoms with E-state index in [0.29, 0.717) is 23.8 Å². The van der Waals surface area contributed by atoms with Gasteiger partial charge in [0.05, 0.1) is 0 Å². The molecule has 10 heteroatoms. The Balaban J connectivity index is 0.000000877. The van der Waals surface area contributed by atoms with Crippen molar-refractivity contribution in [2.24, 2.45) is 0 Å². The van der Waals surface area contributed by atoms with Crippen molar-refractivity contribution in [3.63, 3.8) is 0 Å². The van der Waals surface area contributed by atoms with Gasteiger partial charge in [-0.25, -0.2) is 0 Å². The average Bonchev–Trinajstić information content (AvgIpc) is 3.30. The third-order valence-corrected chi connectivity index (χ3v) is 8.55. The van der Waals surface area contributed by atoms with E-state index in [-0.39, 0.29) is 31.8 Å². The third kappa shape index (κ3) is 13.9. The highest BCUT2D eigenvalue weighted by atomic mass is 16.4. The van der Waals surface area contributed by atoms with Crippen LogP contribution in [0, 0.1) is 0 Å². The maximum atomic E-state index is 9.94. The predicted molar refractivity (Wildman–Crippen MR) is 186 cm³/mol. The zero-order chi connectivity index (χ0) is 33.5. The fraction of sp³-hybridized carbons (Fsp3) is 0.657. The van der Waals surface area contributed by atoms with E-state index in [1.54, 1.807) is 12.1 Å². The molecule has 0 saturated carbocycles. The van der Waals surface area contributed by atoms with Crippen LogP contribution in [0.1, 0.15) is 128 Å². The number of hydrogen-bond donors (Lipinski definition) is 8. The molecule has 2 aromatic carbocycles. The molecule has 0 bridgehead atoms. The highest BCUT2D eigenvalue weighted by Crippen LogP contribution is 2.53. The van der Waals surface area contributed by atoms with Gasteiger partial charge in [-0.05, 0) is 58.9 Å². The smallest absolute Gasteiger partial charge is 0.423 e. The molecule has 0 heterocycles. The number of hydrogen-bond acceptors (Lipinski definition) is 8. The Morgan fingerprint density at radius 3 is 1.09 bits per heavy atom. The van der Waals surface area contributed by atoms with Gasteiger partial charge in [-0.3, -0.25) is 0 Å². The first-order chi connectivity index (χ1) is 21.8. The van der Waals surface area contributed by atoms with E-state index in [0.717, 1.165) is 36.8 Å². The van der Waals surface area contributed by atoms with Crippen LogP contribution >= 0.6 is 0 Å². The Bertz CT molecular complexity index is 949. The fourth-order valence-corrected chi connectivity index (χ4v) is 6.07. The van der Waals surface area contributed by atoms with Crippen molar-refractivity contribution >= 4 is 25.2 Å². The molecular formula is C35H60B2O8. The monoisotopic (exact) mass is 630 g/mol. The third-order valence-electron chi connectivity index (χ3n) is 8.55. The van der Waals surface area contributed by atoms with Gasteiger partial charge in [0.2, 0.25) is 0 Å². The van der Waals surface area contributed by atoms with Crippen molar-refractivity contribution in [3.05, 3.63) is 47.5 Å². The SMILES string of the molecule is CCCCCCCCC1(CCCCCCCC)c2cc(B(O)O)ccc2-c2ccc(B(O)O)cc21.OCCCO.OCCCO. The Labute approximate surface area is 272 Å². The molecule has 45 heavy (non-hydrogen) atoms. The minimum Gasteiger partial charge on any atom is -0.423 e. The summed E-state index contributed by atoms with van der Waals surface area (Å²) in [6, 6.07) is 11.6. The van der Waals surface area contributed by atoms with Crippen LogP contribution in [0.3, 0.4) is 0 Å². The molecule has 1 aliphatic carbocycles. The van der Waals surface area contributed by atoms with Gasteiger partial charge in [0, 0.05) is 31.8 Å². The Morgan fingerprint density at radius 2 is 0.800 bits per heavy atom. The Kier molecular flexibility index (Phi) is 22.4. The molecular weight excluding hydrogens is 570 g/mol. The zero-order valence-electron chi connectivity index (χ0n) is 27.8. The average molecular weight is 630 g/mol. The normalized spacial score (nSPS) is 12.4. The largest absolute Gasteiger partial charge is 0.488 e. The van der Waals surface area contributed by atoms with Crippen LogP contribution in [0.2, 0.25) is 0 Å². The van der Waals surface area contributed by atoms with Crippen LogP contribution in [-0.2, 0) is 5.41 Å². The summed E-state index contributed by atoms with van der Waals surface area (Å²) in [6.07, 6.45) is 17.6. The molecule has 0 spiro atoms. The molecule has 3 rings (SSSR count). The summed E-state index contributed by atoms with van der Waals surface area (Å²) in [5, 5.41) is 71.4. The highest BCUT2D eigenvalue weighted by molar-refractivity contribution is 6.59. The van der Waals surface area contributed by atoms with Gasteiger partial charge >= 0.3 is 14.2 Å². The first-order valence-corrected chi connectivity index (χ1v) is 17.2. The van der Waals surface area contributed by atoms with Gasteiger partial charge in [-0.1, -0.05) is 127 Å². The molecule has 254 valence electrons. The van der Waals surface area contributed by atoms with E-state index < -0.39 is 14.2 Å². The first-order valence-electron chi connectivity index (χ1n) is 17.2. The first kappa shape index (κ1) is 41.3. The van der Waals surface area contributed by atoms with E-state index in [9.17, 15) is 20.1 Å². The Hall–Kier alpha value is -1.75. The number of benzene rings is 2. The maximum absolute atomic E-state index is 9.94. The van der Waals surface area contributed by atoms with Gasteiger partial charge in [-0.2, -0.15) is 0 Å². The molecule has 0 atom stereocenters.